The molecule has 2 aromatic rings. The van der Waals surface area contributed by atoms with Crippen LogP contribution in [0.4, 0.5) is 5.69 Å². The molecule has 0 saturated heterocycles. The number of carbonyl (C=O) groups excluding carboxylic acids is 1. The molecule has 1 aromatic carbocycles. The Balaban J connectivity index is 1.80. The molecule has 0 aliphatic rings. The van der Waals surface area contributed by atoms with E-state index in [1.807, 2.05) is 49.1 Å². The Morgan fingerprint density at radius 2 is 2.25 bits per heavy atom. The predicted molar refractivity (Wildman–Crippen MR) is 82.4 cm³/mol. The maximum absolute atomic E-state index is 11.8. The standard InChI is InChI=1S/C14H17BrN4O/c1-10-11(8-17-19(10)2)7-16-9-14(20)18-13-5-3-4-12(15)6-13/h3-6,8,16H,7,9H2,1-2H3,(H,18,20). The SMILES string of the molecule is Cc1c(CNCC(=O)Nc2cccc(Br)c2)cnn1C. The second-order valence-electron chi connectivity index (χ2n) is 4.54. The molecule has 1 amide bonds. The smallest absolute Gasteiger partial charge is 0.238 e. The van der Waals surface area contributed by atoms with Gasteiger partial charge >= 0.3 is 0 Å². The first kappa shape index (κ1) is 14.7. The first-order valence-electron chi connectivity index (χ1n) is 6.30. The van der Waals surface area contributed by atoms with E-state index in [0.717, 1.165) is 21.4 Å². The van der Waals surface area contributed by atoms with Gasteiger partial charge < -0.3 is 10.6 Å². The lowest BCUT2D eigenvalue weighted by Crippen LogP contribution is -2.27. The minimum Gasteiger partial charge on any atom is -0.325 e. The number of halogens is 1. The van der Waals surface area contributed by atoms with Gasteiger partial charge in [-0.15, -0.1) is 0 Å². The minimum absolute atomic E-state index is 0.0651. The molecule has 0 saturated carbocycles. The lowest BCUT2D eigenvalue weighted by molar-refractivity contribution is -0.115. The molecule has 0 atom stereocenters. The molecule has 0 aliphatic carbocycles. The third-order valence-electron chi connectivity index (χ3n) is 3.05. The summed E-state index contributed by atoms with van der Waals surface area (Å²) in [4.78, 5) is 11.8. The van der Waals surface area contributed by atoms with E-state index in [2.05, 4.69) is 31.7 Å². The van der Waals surface area contributed by atoms with Gasteiger partial charge in [0, 0.05) is 35.0 Å². The number of anilines is 1. The van der Waals surface area contributed by atoms with Crippen LogP contribution in [0.15, 0.2) is 34.9 Å². The van der Waals surface area contributed by atoms with Crippen LogP contribution in [0.3, 0.4) is 0 Å². The number of amides is 1. The van der Waals surface area contributed by atoms with Gasteiger partial charge in [0.05, 0.1) is 12.7 Å². The summed E-state index contributed by atoms with van der Waals surface area (Å²) in [5.74, 6) is -0.0651. The quantitative estimate of drug-likeness (QED) is 0.880. The van der Waals surface area contributed by atoms with Crippen LogP contribution in [0, 0.1) is 6.92 Å². The Kier molecular flexibility index (Phi) is 4.92. The van der Waals surface area contributed by atoms with Gasteiger partial charge in [-0.2, -0.15) is 5.10 Å². The van der Waals surface area contributed by atoms with Gasteiger partial charge in [0.25, 0.3) is 0 Å². The van der Waals surface area contributed by atoms with E-state index in [9.17, 15) is 4.79 Å². The van der Waals surface area contributed by atoms with Crippen molar-refractivity contribution < 1.29 is 4.79 Å². The third kappa shape index (κ3) is 3.91. The largest absolute Gasteiger partial charge is 0.325 e. The maximum Gasteiger partial charge on any atom is 0.238 e. The second-order valence-corrected chi connectivity index (χ2v) is 5.46. The first-order valence-corrected chi connectivity index (χ1v) is 7.09. The molecule has 2 N–H and O–H groups in total. The van der Waals surface area contributed by atoms with Crippen LogP contribution in [0.25, 0.3) is 0 Å². The fraction of sp³-hybridized carbons (Fsp3) is 0.286. The number of hydrogen-bond donors (Lipinski definition) is 2. The Morgan fingerprint density at radius 1 is 1.45 bits per heavy atom. The molecule has 0 unspecified atom stereocenters. The van der Waals surface area contributed by atoms with Crippen molar-refractivity contribution >= 4 is 27.5 Å². The van der Waals surface area contributed by atoms with E-state index < -0.39 is 0 Å². The zero-order chi connectivity index (χ0) is 14.5. The molecule has 0 radical (unpaired) electrons. The molecular weight excluding hydrogens is 320 g/mol. The molecule has 20 heavy (non-hydrogen) atoms. The van der Waals surface area contributed by atoms with Crippen LogP contribution in [0.5, 0.6) is 0 Å². The van der Waals surface area contributed by atoms with E-state index in [0.29, 0.717) is 6.54 Å². The van der Waals surface area contributed by atoms with Crippen molar-refractivity contribution in [3.05, 3.63) is 46.2 Å². The van der Waals surface area contributed by atoms with E-state index in [1.54, 1.807) is 0 Å². The highest BCUT2D eigenvalue weighted by molar-refractivity contribution is 9.10. The first-order chi connectivity index (χ1) is 9.56. The zero-order valence-corrected chi connectivity index (χ0v) is 13.1. The molecule has 0 bridgehead atoms. The van der Waals surface area contributed by atoms with Crippen molar-refractivity contribution in [2.75, 3.05) is 11.9 Å². The van der Waals surface area contributed by atoms with E-state index in [4.69, 9.17) is 0 Å². The van der Waals surface area contributed by atoms with Crippen LogP contribution in [-0.2, 0) is 18.4 Å². The van der Waals surface area contributed by atoms with Gasteiger partial charge in [-0.1, -0.05) is 22.0 Å². The maximum atomic E-state index is 11.8. The summed E-state index contributed by atoms with van der Waals surface area (Å²) >= 11 is 3.37. The Labute approximate surface area is 126 Å². The summed E-state index contributed by atoms with van der Waals surface area (Å²) < 4.78 is 2.76. The normalized spacial score (nSPS) is 10.6. The average molecular weight is 337 g/mol. The van der Waals surface area contributed by atoms with E-state index in [1.165, 1.54) is 0 Å². The summed E-state index contributed by atoms with van der Waals surface area (Å²) in [5.41, 5.74) is 2.98. The topological polar surface area (TPSA) is 59.0 Å². The van der Waals surface area contributed by atoms with Gasteiger partial charge in [0.2, 0.25) is 5.91 Å². The van der Waals surface area contributed by atoms with Crippen LogP contribution in [-0.4, -0.2) is 22.2 Å². The summed E-state index contributed by atoms with van der Waals surface area (Å²) in [6.07, 6.45) is 1.81. The molecule has 0 fully saturated rings. The molecule has 0 spiro atoms. The highest BCUT2D eigenvalue weighted by Gasteiger charge is 2.05. The second kappa shape index (κ2) is 6.67. The van der Waals surface area contributed by atoms with Crippen molar-refractivity contribution in [1.29, 1.82) is 0 Å². The number of hydrogen-bond acceptors (Lipinski definition) is 3. The highest BCUT2D eigenvalue weighted by atomic mass is 79.9. The van der Waals surface area contributed by atoms with Gasteiger partial charge in [0.1, 0.15) is 0 Å². The molecule has 5 nitrogen and oxygen atoms in total. The summed E-state index contributed by atoms with van der Waals surface area (Å²) in [7, 11) is 1.90. The van der Waals surface area contributed by atoms with Crippen molar-refractivity contribution in [3.8, 4) is 0 Å². The lowest BCUT2D eigenvalue weighted by atomic mass is 10.2. The van der Waals surface area contributed by atoms with E-state index >= 15 is 0 Å². The van der Waals surface area contributed by atoms with Gasteiger partial charge in [-0.3, -0.25) is 9.48 Å². The highest BCUT2D eigenvalue weighted by Crippen LogP contribution is 2.15. The molecule has 1 heterocycles. The van der Waals surface area contributed by atoms with Crippen molar-refractivity contribution in [3.63, 3.8) is 0 Å². The molecular formula is C14H17BrN4O. The molecule has 106 valence electrons. The monoisotopic (exact) mass is 336 g/mol. The third-order valence-corrected chi connectivity index (χ3v) is 3.54. The number of aryl methyl sites for hydroxylation is 1. The van der Waals surface area contributed by atoms with Gasteiger partial charge in [-0.25, -0.2) is 0 Å². The summed E-state index contributed by atoms with van der Waals surface area (Å²) in [6, 6.07) is 7.52. The Hall–Kier alpha value is -1.66. The van der Waals surface area contributed by atoms with Crippen molar-refractivity contribution in [1.82, 2.24) is 15.1 Å². The van der Waals surface area contributed by atoms with Crippen LogP contribution >= 0.6 is 15.9 Å². The minimum atomic E-state index is -0.0651. The number of nitrogens with one attached hydrogen (secondary N) is 2. The number of carbonyl (C=O) groups is 1. The van der Waals surface area contributed by atoms with Crippen LogP contribution in [0.1, 0.15) is 11.3 Å². The van der Waals surface area contributed by atoms with Crippen LogP contribution in [0.2, 0.25) is 0 Å². The van der Waals surface area contributed by atoms with Crippen LogP contribution < -0.4 is 10.6 Å². The number of aromatic nitrogens is 2. The Morgan fingerprint density at radius 3 is 2.90 bits per heavy atom. The number of nitrogens with zero attached hydrogens (tertiary/aromatic N) is 2. The number of benzene rings is 1. The van der Waals surface area contributed by atoms with Crippen molar-refractivity contribution in [2.45, 2.75) is 13.5 Å². The summed E-state index contributed by atoms with van der Waals surface area (Å²) in [6.45, 7) is 2.90. The van der Waals surface area contributed by atoms with E-state index in [-0.39, 0.29) is 12.5 Å². The molecule has 6 heteroatoms. The molecule has 0 aliphatic heterocycles. The van der Waals surface area contributed by atoms with Gasteiger partial charge in [-0.05, 0) is 25.1 Å². The van der Waals surface area contributed by atoms with Crippen molar-refractivity contribution in [2.24, 2.45) is 7.05 Å². The molecule has 1 aromatic heterocycles. The predicted octanol–water partition coefficient (Wildman–Crippen LogP) is 2.22. The average Bonchev–Trinajstić information content (AvgIpc) is 2.71. The summed E-state index contributed by atoms with van der Waals surface area (Å²) in [5, 5.41) is 10.1. The fourth-order valence-electron chi connectivity index (χ4n) is 1.80. The number of rotatable bonds is 5. The fourth-order valence-corrected chi connectivity index (χ4v) is 2.20. The lowest BCUT2D eigenvalue weighted by Gasteiger charge is -2.07. The Bertz CT molecular complexity index is 609. The molecule has 2 rings (SSSR count). The van der Waals surface area contributed by atoms with Gasteiger partial charge in [0.15, 0.2) is 0 Å². The zero-order valence-electron chi connectivity index (χ0n) is 11.5.